The number of aromatic amines is 1. The summed E-state index contributed by atoms with van der Waals surface area (Å²) in [7, 11) is 0.830. The van der Waals surface area contributed by atoms with Gasteiger partial charge in [0.05, 0.1) is 30.2 Å². The van der Waals surface area contributed by atoms with E-state index < -0.39 is 38.3 Å². The van der Waals surface area contributed by atoms with E-state index in [-0.39, 0.29) is 23.8 Å². The first-order valence-corrected chi connectivity index (χ1v) is 17.7. The number of aromatic nitrogens is 1. The van der Waals surface area contributed by atoms with E-state index in [1.807, 2.05) is 48.5 Å². The van der Waals surface area contributed by atoms with Crippen molar-refractivity contribution in [2.24, 2.45) is 5.73 Å². The number of hydrogen-bond acceptors (Lipinski definition) is 6. The molecule has 2 aromatic carbocycles. The highest BCUT2D eigenvalue weighted by Gasteiger charge is 2.39. The molecular formula is C31H43BrN4O5Si. The number of rotatable bonds is 11. The van der Waals surface area contributed by atoms with Gasteiger partial charge in [-0.1, -0.05) is 51.1 Å². The number of carbonyl (C=O) groups excluding carboxylic acids is 3. The van der Waals surface area contributed by atoms with Crippen LogP contribution in [0.15, 0.2) is 53.1 Å². The summed E-state index contributed by atoms with van der Waals surface area (Å²) in [6.07, 6.45) is 0.134. The minimum atomic E-state index is -2.05. The molecule has 42 heavy (non-hydrogen) atoms. The number of nitrogens with zero attached hydrogens (tertiary/aromatic N) is 1. The summed E-state index contributed by atoms with van der Waals surface area (Å²) >= 11 is 3.59. The predicted octanol–water partition coefficient (Wildman–Crippen LogP) is 5.45. The fourth-order valence-corrected chi connectivity index (χ4v) is 6.05. The average molecular weight is 660 g/mol. The minimum Gasteiger partial charge on any atom is -0.544 e. The Morgan fingerprint density at radius 1 is 1.10 bits per heavy atom. The van der Waals surface area contributed by atoms with Gasteiger partial charge < -0.3 is 30.1 Å². The van der Waals surface area contributed by atoms with Crippen molar-refractivity contribution < 1.29 is 23.5 Å². The van der Waals surface area contributed by atoms with Gasteiger partial charge in [-0.25, -0.2) is 0 Å². The molecule has 0 radical (unpaired) electrons. The Hall–Kier alpha value is -3.15. The number of hydrogen-bond donors (Lipinski definition) is 3. The number of carbonyl (C=O) groups is 3. The van der Waals surface area contributed by atoms with Crippen molar-refractivity contribution in [1.29, 1.82) is 0 Å². The normalized spacial score (nSPS) is 14.1. The Morgan fingerprint density at radius 3 is 2.29 bits per heavy atom. The quantitative estimate of drug-likeness (QED) is 0.186. The Balaban J connectivity index is 1.94. The van der Waals surface area contributed by atoms with Crippen LogP contribution >= 0.6 is 15.9 Å². The second-order valence-corrected chi connectivity index (χ2v) is 17.7. The number of halogens is 1. The molecule has 9 nitrogen and oxygen atoms in total. The van der Waals surface area contributed by atoms with Crippen molar-refractivity contribution in [2.75, 3.05) is 14.2 Å². The number of benzene rings is 2. The van der Waals surface area contributed by atoms with Gasteiger partial charge in [-0.3, -0.25) is 14.4 Å². The summed E-state index contributed by atoms with van der Waals surface area (Å²) in [4.78, 5) is 44.0. The van der Waals surface area contributed by atoms with Crippen LogP contribution in [0, 0.1) is 0 Å². The van der Waals surface area contributed by atoms with E-state index in [0.717, 1.165) is 26.8 Å². The molecule has 0 spiro atoms. The maximum atomic E-state index is 14.0. The van der Waals surface area contributed by atoms with Crippen LogP contribution in [0.5, 0.6) is 5.75 Å². The van der Waals surface area contributed by atoms with Gasteiger partial charge in [0.25, 0.3) is 0 Å². The van der Waals surface area contributed by atoms with Crippen LogP contribution in [-0.2, 0) is 25.5 Å². The SMILES string of the molecule is COC(=O)C[C@@H](NC(=O)[C@@H](Cc1c(Br)[nH]c2ccccc12)N(C)C(=O)[C@H](C)N)c1ccc(O[Si](C)(C)C(C)(C)C)cc1. The minimum absolute atomic E-state index is 0.0341. The average Bonchev–Trinajstić information content (AvgIpc) is 3.24. The third kappa shape index (κ3) is 7.81. The van der Waals surface area contributed by atoms with Crippen LogP contribution in [0.4, 0.5) is 0 Å². The van der Waals surface area contributed by atoms with Gasteiger partial charge in [0.1, 0.15) is 11.8 Å². The number of methoxy groups -OCH3 is 1. The second-order valence-electron chi connectivity index (χ2n) is 12.2. The summed E-state index contributed by atoms with van der Waals surface area (Å²) in [5, 5.41) is 3.98. The number of esters is 1. The number of ether oxygens (including phenoxy) is 1. The molecule has 2 amide bonds. The van der Waals surface area contributed by atoms with Gasteiger partial charge in [-0.15, -0.1) is 0 Å². The van der Waals surface area contributed by atoms with Crippen LogP contribution in [0.25, 0.3) is 10.9 Å². The molecule has 0 aliphatic carbocycles. The maximum absolute atomic E-state index is 14.0. The lowest BCUT2D eigenvalue weighted by Crippen LogP contribution is -2.53. The van der Waals surface area contributed by atoms with Crippen molar-refractivity contribution in [3.8, 4) is 5.75 Å². The third-order valence-electron chi connectivity index (χ3n) is 8.04. The Bertz CT molecular complexity index is 1410. The molecule has 0 aliphatic heterocycles. The highest BCUT2D eigenvalue weighted by atomic mass is 79.9. The van der Waals surface area contributed by atoms with Crippen molar-refractivity contribution >= 4 is 52.9 Å². The predicted molar refractivity (Wildman–Crippen MR) is 172 cm³/mol. The molecule has 4 N–H and O–H groups in total. The maximum Gasteiger partial charge on any atom is 0.307 e. The summed E-state index contributed by atoms with van der Waals surface area (Å²) in [5.41, 5.74) is 8.39. The number of likely N-dealkylation sites (N-methyl/N-ethyl adjacent to an activating group) is 1. The zero-order valence-electron chi connectivity index (χ0n) is 25.7. The summed E-state index contributed by atoms with van der Waals surface area (Å²) < 4.78 is 12.1. The number of nitrogens with two attached hydrogens (primary N) is 1. The molecule has 3 atom stereocenters. The summed E-state index contributed by atoms with van der Waals surface area (Å²) in [6.45, 7) is 12.5. The number of para-hydroxylation sites is 1. The first-order valence-electron chi connectivity index (χ1n) is 14.0. The highest BCUT2D eigenvalue weighted by molar-refractivity contribution is 9.10. The van der Waals surface area contributed by atoms with Crippen LogP contribution in [0.1, 0.15) is 51.3 Å². The van der Waals surface area contributed by atoms with E-state index in [0.29, 0.717) is 5.56 Å². The molecular weight excluding hydrogens is 616 g/mol. The molecule has 0 fully saturated rings. The van der Waals surface area contributed by atoms with Crippen LogP contribution in [-0.4, -0.2) is 62.2 Å². The van der Waals surface area contributed by atoms with Crippen molar-refractivity contribution in [1.82, 2.24) is 15.2 Å². The molecule has 3 aromatic rings. The molecule has 0 aliphatic rings. The molecule has 0 bridgehead atoms. The van der Waals surface area contributed by atoms with E-state index in [1.165, 1.54) is 12.0 Å². The molecule has 3 rings (SSSR count). The molecule has 11 heteroatoms. The van der Waals surface area contributed by atoms with Gasteiger partial charge in [0, 0.05) is 24.4 Å². The summed E-state index contributed by atoms with van der Waals surface area (Å²) in [6, 6.07) is 12.8. The van der Waals surface area contributed by atoms with Crippen LogP contribution in [0.2, 0.25) is 18.1 Å². The Kier molecular flexibility index (Phi) is 10.7. The molecule has 0 saturated heterocycles. The number of nitrogens with one attached hydrogen (secondary N) is 2. The van der Waals surface area contributed by atoms with Gasteiger partial charge in [-0.2, -0.15) is 0 Å². The molecule has 1 heterocycles. The smallest absolute Gasteiger partial charge is 0.307 e. The number of amides is 2. The van der Waals surface area contributed by atoms with Gasteiger partial charge in [-0.05, 0) is 70.3 Å². The fraction of sp³-hybridized carbons (Fsp3) is 0.452. The van der Waals surface area contributed by atoms with Gasteiger partial charge in [0.2, 0.25) is 20.1 Å². The lowest BCUT2D eigenvalue weighted by Gasteiger charge is -2.36. The van der Waals surface area contributed by atoms with E-state index in [4.69, 9.17) is 14.9 Å². The zero-order valence-corrected chi connectivity index (χ0v) is 28.3. The van der Waals surface area contributed by atoms with Gasteiger partial charge >= 0.3 is 5.97 Å². The lowest BCUT2D eigenvalue weighted by molar-refractivity contribution is -0.142. The molecule has 228 valence electrons. The number of fused-ring (bicyclic) bond motifs is 1. The molecule has 1 aromatic heterocycles. The first-order chi connectivity index (χ1) is 19.6. The third-order valence-corrected chi connectivity index (χ3v) is 13.1. The van der Waals surface area contributed by atoms with E-state index in [9.17, 15) is 14.4 Å². The monoisotopic (exact) mass is 658 g/mol. The summed E-state index contributed by atoms with van der Waals surface area (Å²) in [5.74, 6) is -0.530. The lowest BCUT2D eigenvalue weighted by atomic mass is 10.00. The molecule has 0 unspecified atom stereocenters. The van der Waals surface area contributed by atoms with Crippen LogP contribution < -0.4 is 15.5 Å². The first kappa shape index (κ1) is 33.4. The van der Waals surface area contributed by atoms with Crippen molar-refractivity contribution in [2.45, 2.75) is 76.8 Å². The fourth-order valence-electron chi connectivity index (χ4n) is 4.43. The second kappa shape index (κ2) is 13.4. The highest BCUT2D eigenvalue weighted by Crippen LogP contribution is 2.37. The van der Waals surface area contributed by atoms with E-state index in [1.54, 1.807) is 14.0 Å². The van der Waals surface area contributed by atoms with Crippen molar-refractivity contribution in [3.05, 3.63) is 64.3 Å². The molecule has 0 saturated carbocycles. The Labute approximate surface area is 257 Å². The number of H-pyrrole nitrogens is 1. The van der Waals surface area contributed by atoms with E-state index >= 15 is 0 Å². The van der Waals surface area contributed by atoms with Crippen molar-refractivity contribution in [3.63, 3.8) is 0 Å². The van der Waals surface area contributed by atoms with Crippen LogP contribution in [0.3, 0.4) is 0 Å². The van der Waals surface area contributed by atoms with E-state index in [2.05, 4.69) is 60.1 Å². The standard InChI is InChI=1S/C31H43BrN4O5Si/c1-19(33)30(39)36(5)26(17-23-22-11-9-10-12-24(22)34-28(23)32)29(38)35-25(18-27(37)40-6)20-13-15-21(16-14-20)41-42(7,8)31(2,3)4/h9-16,19,25-26,34H,17-18,33H2,1-8H3,(H,35,38)/t19-,25+,26+/m0/s1. The largest absolute Gasteiger partial charge is 0.544 e. The van der Waals surface area contributed by atoms with Gasteiger partial charge in [0.15, 0.2) is 0 Å². The zero-order chi connectivity index (χ0) is 31.4. The topological polar surface area (TPSA) is 127 Å². The Morgan fingerprint density at radius 2 is 1.71 bits per heavy atom.